The molecule has 6 nitrogen and oxygen atoms in total. The first kappa shape index (κ1) is 17.7. The zero-order valence-electron chi connectivity index (χ0n) is 14.4. The highest BCUT2D eigenvalue weighted by Gasteiger charge is 2.16. The summed E-state index contributed by atoms with van der Waals surface area (Å²) in [6, 6.07) is 13.5. The number of aryl methyl sites for hydroxylation is 2. The Morgan fingerprint density at radius 3 is 2.77 bits per heavy atom. The number of nitrogens with two attached hydrogens (primary N) is 1. The van der Waals surface area contributed by atoms with E-state index in [4.69, 9.17) is 5.73 Å². The number of benzene rings is 1. The number of hydrogen-bond acceptors (Lipinski definition) is 5. The van der Waals surface area contributed by atoms with Crippen molar-refractivity contribution in [3.05, 3.63) is 63.5 Å². The minimum absolute atomic E-state index is 0.0627. The van der Waals surface area contributed by atoms with Crippen LogP contribution in [-0.2, 0) is 6.42 Å². The smallest absolute Gasteiger partial charge is 0.261 e. The van der Waals surface area contributed by atoms with Crippen LogP contribution in [0.3, 0.4) is 0 Å². The van der Waals surface area contributed by atoms with Gasteiger partial charge in [0.15, 0.2) is 0 Å². The first-order valence-electron chi connectivity index (χ1n) is 8.27. The van der Waals surface area contributed by atoms with Gasteiger partial charge in [0.25, 0.3) is 5.91 Å². The van der Waals surface area contributed by atoms with Crippen LogP contribution >= 0.6 is 11.3 Å². The zero-order chi connectivity index (χ0) is 18.5. The SMILES string of the molecule is Cc1ccsc1C(=O)NCCCc1nn(-c2ccccc2)c(N)c1C#N. The Bertz CT molecular complexity index is 952. The van der Waals surface area contributed by atoms with Gasteiger partial charge >= 0.3 is 0 Å². The summed E-state index contributed by atoms with van der Waals surface area (Å²) in [6.07, 6.45) is 1.24. The predicted octanol–water partition coefficient (Wildman–Crippen LogP) is 3.06. The quantitative estimate of drug-likeness (QED) is 0.656. The molecule has 1 aromatic carbocycles. The van der Waals surface area contributed by atoms with E-state index in [0.717, 1.165) is 16.1 Å². The summed E-state index contributed by atoms with van der Waals surface area (Å²) in [5, 5.41) is 18.7. The molecule has 132 valence electrons. The fraction of sp³-hybridized carbons (Fsp3) is 0.211. The molecule has 0 saturated heterocycles. The third-order valence-corrected chi connectivity index (χ3v) is 5.07. The molecule has 26 heavy (non-hydrogen) atoms. The van der Waals surface area contributed by atoms with Gasteiger partial charge < -0.3 is 11.1 Å². The monoisotopic (exact) mass is 365 g/mol. The van der Waals surface area contributed by atoms with E-state index in [9.17, 15) is 10.1 Å². The highest BCUT2D eigenvalue weighted by atomic mass is 32.1. The van der Waals surface area contributed by atoms with Crippen molar-refractivity contribution in [3.63, 3.8) is 0 Å². The second-order valence-electron chi connectivity index (χ2n) is 5.86. The Balaban J connectivity index is 1.64. The lowest BCUT2D eigenvalue weighted by molar-refractivity contribution is 0.0956. The maximum absolute atomic E-state index is 12.1. The highest BCUT2D eigenvalue weighted by molar-refractivity contribution is 7.12. The maximum Gasteiger partial charge on any atom is 0.261 e. The molecule has 0 unspecified atom stereocenters. The number of carbonyl (C=O) groups excluding carboxylic acids is 1. The Kier molecular flexibility index (Phi) is 5.34. The van der Waals surface area contributed by atoms with Crippen LogP contribution in [-0.4, -0.2) is 22.2 Å². The number of anilines is 1. The first-order chi connectivity index (χ1) is 12.6. The number of nitrogens with zero attached hydrogens (tertiary/aromatic N) is 3. The molecule has 0 aliphatic rings. The molecule has 3 aromatic rings. The molecule has 0 fully saturated rings. The van der Waals surface area contributed by atoms with Crippen molar-refractivity contribution in [2.45, 2.75) is 19.8 Å². The van der Waals surface area contributed by atoms with Crippen LogP contribution in [0.1, 0.15) is 32.9 Å². The lowest BCUT2D eigenvalue weighted by Crippen LogP contribution is -2.24. The zero-order valence-corrected chi connectivity index (χ0v) is 15.2. The van der Waals surface area contributed by atoms with E-state index in [2.05, 4.69) is 16.5 Å². The van der Waals surface area contributed by atoms with Crippen molar-refractivity contribution < 1.29 is 4.79 Å². The van der Waals surface area contributed by atoms with Crippen LogP contribution < -0.4 is 11.1 Å². The van der Waals surface area contributed by atoms with E-state index >= 15 is 0 Å². The van der Waals surface area contributed by atoms with Crippen molar-refractivity contribution in [2.24, 2.45) is 0 Å². The van der Waals surface area contributed by atoms with E-state index in [1.54, 1.807) is 4.68 Å². The van der Waals surface area contributed by atoms with Crippen LogP contribution in [0, 0.1) is 18.3 Å². The summed E-state index contributed by atoms with van der Waals surface area (Å²) in [5.41, 5.74) is 8.93. The molecule has 7 heteroatoms. The van der Waals surface area contributed by atoms with Crippen molar-refractivity contribution in [3.8, 4) is 11.8 Å². The van der Waals surface area contributed by atoms with Gasteiger partial charge in [-0.25, -0.2) is 4.68 Å². The van der Waals surface area contributed by atoms with Crippen LogP contribution in [0.2, 0.25) is 0 Å². The molecule has 0 atom stereocenters. The molecular weight excluding hydrogens is 346 g/mol. The Morgan fingerprint density at radius 1 is 1.35 bits per heavy atom. The van der Waals surface area contributed by atoms with Gasteiger partial charge in [-0.05, 0) is 48.9 Å². The molecule has 1 amide bonds. The van der Waals surface area contributed by atoms with Crippen LogP contribution in [0.25, 0.3) is 5.69 Å². The largest absolute Gasteiger partial charge is 0.382 e. The van der Waals surface area contributed by atoms with E-state index in [-0.39, 0.29) is 5.91 Å². The summed E-state index contributed by atoms with van der Waals surface area (Å²) in [4.78, 5) is 12.8. The van der Waals surface area contributed by atoms with E-state index < -0.39 is 0 Å². The average Bonchev–Trinajstić information content (AvgIpc) is 3.22. The molecule has 0 bridgehead atoms. The number of aromatic nitrogens is 2. The van der Waals surface area contributed by atoms with Gasteiger partial charge in [0.05, 0.1) is 16.3 Å². The standard InChI is InChI=1S/C19H19N5OS/c1-13-9-11-26-17(13)19(25)22-10-5-8-16-15(12-20)18(21)24(23-16)14-6-3-2-4-7-14/h2-4,6-7,9,11H,5,8,10,21H2,1H3,(H,22,25). The Morgan fingerprint density at radius 2 is 2.12 bits per heavy atom. The summed E-state index contributed by atoms with van der Waals surface area (Å²) in [7, 11) is 0. The van der Waals surface area contributed by atoms with E-state index in [0.29, 0.717) is 36.5 Å². The number of carbonyl (C=O) groups is 1. The Labute approximate surface area is 155 Å². The number of nitrogens with one attached hydrogen (secondary N) is 1. The number of rotatable bonds is 6. The molecule has 0 aliphatic heterocycles. The fourth-order valence-electron chi connectivity index (χ4n) is 2.68. The normalized spacial score (nSPS) is 10.5. The summed E-state index contributed by atoms with van der Waals surface area (Å²) in [5.74, 6) is 0.277. The van der Waals surface area contributed by atoms with Gasteiger partial charge in [0, 0.05) is 6.54 Å². The molecular formula is C19H19N5OS. The molecule has 0 radical (unpaired) electrons. The number of amides is 1. The third-order valence-electron chi connectivity index (χ3n) is 4.05. The highest BCUT2D eigenvalue weighted by Crippen LogP contribution is 2.21. The summed E-state index contributed by atoms with van der Waals surface area (Å²) >= 11 is 1.43. The van der Waals surface area contributed by atoms with Gasteiger partial charge in [-0.2, -0.15) is 10.4 Å². The van der Waals surface area contributed by atoms with Crippen molar-refractivity contribution in [1.29, 1.82) is 5.26 Å². The number of hydrogen-bond donors (Lipinski definition) is 2. The topological polar surface area (TPSA) is 96.7 Å². The van der Waals surface area contributed by atoms with Crippen LogP contribution in [0.4, 0.5) is 5.82 Å². The average molecular weight is 365 g/mol. The lowest BCUT2D eigenvalue weighted by atomic mass is 10.1. The molecule has 0 saturated carbocycles. The number of thiophene rings is 1. The second-order valence-corrected chi connectivity index (χ2v) is 6.77. The van der Waals surface area contributed by atoms with Gasteiger partial charge in [-0.3, -0.25) is 4.79 Å². The van der Waals surface area contributed by atoms with Gasteiger partial charge in [-0.1, -0.05) is 18.2 Å². The second kappa shape index (κ2) is 7.85. The maximum atomic E-state index is 12.1. The van der Waals surface area contributed by atoms with Gasteiger partial charge in [0.2, 0.25) is 0 Å². The summed E-state index contributed by atoms with van der Waals surface area (Å²) < 4.78 is 1.58. The number of para-hydroxylation sites is 1. The summed E-state index contributed by atoms with van der Waals surface area (Å²) in [6.45, 7) is 2.43. The third kappa shape index (κ3) is 3.60. The first-order valence-corrected chi connectivity index (χ1v) is 9.15. The minimum Gasteiger partial charge on any atom is -0.382 e. The fourth-order valence-corrected chi connectivity index (χ4v) is 3.53. The lowest BCUT2D eigenvalue weighted by Gasteiger charge is -2.04. The van der Waals surface area contributed by atoms with E-state index in [1.807, 2.05) is 48.7 Å². The molecule has 0 spiro atoms. The molecule has 0 aliphatic carbocycles. The molecule has 3 rings (SSSR count). The van der Waals surface area contributed by atoms with Crippen molar-refractivity contribution in [2.75, 3.05) is 12.3 Å². The number of nitriles is 1. The predicted molar refractivity (Wildman–Crippen MR) is 102 cm³/mol. The molecule has 3 N–H and O–H groups in total. The van der Waals surface area contributed by atoms with Crippen molar-refractivity contribution in [1.82, 2.24) is 15.1 Å². The minimum atomic E-state index is -0.0627. The van der Waals surface area contributed by atoms with Crippen LogP contribution in [0.15, 0.2) is 41.8 Å². The number of nitrogen functional groups attached to an aromatic ring is 1. The van der Waals surface area contributed by atoms with Crippen molar-refractivity contribution >= 4 is 23.1 Å². The molecule has 2 aromatic heterocycles. The van der Waals surface area contributed by atoms with Gasteiger partial charge in [0.1, 0.15) is 17.5 Å². The Hall–Kier alpha value is -3.11. The van der Waals surface area contributed by atoms with Gasteiger partial charge in [-0.15, -0.1) is 11.3 Å². The molecule has 2 heterocycles. The van der Waals surface area contributed by atoms with E-state index in [1.165, 1.54) is 11.3 Å². The van der Waals surface area contributed by atoms with Crippen LogP contribution in [0.5, 0.6) is 0 Å².